The molecule has 0 radical (unpaired) electrons. The van der Waals surface area contributed by atoms with Crippen LogP contribution in [0.5, 0.6) is 0 Å². The van der Waals surface area contributed by atoms with E-state index in [1.165, 1.54) is 12.1 Å². The maximum atomic E-state index is 13.1. The van der Waals surface area contributed by atoms with E-state index in [9.17, 15) is 17.9 Å². The summed E-state index contributed by atoms with van der Waals surface area (Å²) in [5, 5.41) is 9.53. The molecule has 15 heavy (non-hydrogen) atoms. The third-order valence-electron chi connectivity index (χ3n) is 2.04. The molecule has 0 aliphatic rings. The summed E-state index contributed by atoms with van der Waals surface area (Å²) in [4.78, 5) is 0. The second kappa shape index (κ2) is 4.28. The van der Waals surface area contributed by atoms with Gasteiger partial charge in [0, 0.05) is 6.26 Å². The predicted molar refractivity (Wildman–Crippen MR) is 55.8 cm³/mol. The zero-order valence-corrected chi connectivity index (χ0v) is 9.38. The Bertz CT molecular complexity index is 454. The van der Waals surface area contributed by atoms with Gasteiger partial charge >= 0.3 is 0 Å². The molecule has 0 amide bonds. The van der Waals surface area contributed by atoms with Crippen LogP contribution in [0.15, 0.2) is 18.2 Å². The predicted octanol–water partition coefficient (Wildman–Crippen LogP) is 1.21. The van der Waals surface area contributed by atoms with Crippen molar-refractivity contribution in [3.05, 3.63) is 35.1 Å². The van der Waals surface area contributed by atoms with Crippen LogP contribution in [0.3, 0.4) is 0 Å². The van der Waals surface area contributed by atoms with E-state index in [-0.39, 0.29) is 5.56 Å². The van der Waals surface area contributed by atoms with Gasteiger partial charge in [-0.2, -0.15) is 0 Å². The van der Waals surface area contributed by atoms with Gasteiger partial charge in [-0.25, -0.2) is 12.8 Å². The van der Waals surface area contributed by atoms with E-state index >= 15 is 0 Å². The van der Waals surface area contributed by atoms with Crippen LogP contribution in [0.4, 0.5) is 4.39 Å². The van der Waals surface area contributed by atoms with Crippen molar-refractivity contribution >= 4 is 9.84 Å². The molecular weight excluding hydrogens is 219 g/mol. The smallest absolute Gasteiger partial charge is 0.150 e. The third kappa shape index (κ3) is 3.60. The van der Waals surface area contributed by atoms with E-state index in [4.69, 9.17) is 0 Å². The summed E-state index contributed by atoms with van der Waals surface area (Å²) < 4.78 is 34.9. The van der Waals surface area contributed by atoms with Gasteiger partial charge in [-0.1, -0.05) is 12.1 Å². The molecule has 1 rings (SSSR count). The number of hydrogen-bond acceptors (Lipinski definition) is 3. The number of benzene rings is 1. The van der Waals surface area contributed by atoms with E-state index in [2.05, 4.69) is 0 Å². The monoisotopic (exact) mass is 232 g/mol. The highest BCUT2D eigenvalue weighted by molar-refractivity contribution is 7.90. The fourth-order valence-electron chi connectivity index (χ4n) is 1.20. The molecule has 0 saturated carbocycles. The first-order valence-corrected chi connectivity index (χ1v) is 6.47. The normalized spacial score (nSPS) is 13.9. The molecule has 0 aliphatic carbocycles. The van der Waals surface area contributed by atoms with Crippen molar-refractivity contribution in [3.63, 3.8) is 0 Å². The minimum atomic E-state index is -3.27. The molecule has 1 atom stereocenters. The number of aliphatic hydroxyl groups is 1. The van der Waals surface area contributed by atoms with Crippen molar-refractivity contribution in [2.45, 2.75) is 13.0 Å². The number of halogens is 1. The van der Waals surface area contributed by atoms with Crippen molar-refractivity contribution in [1.29, 1.82) is 0 Å². The summed E-state index contributed by atoms with van der Waals surface area (Å²) in [7, 11) is -3.27. The van der Waals surface area contributed by atoms with Crippen molar-refractivity contribution < 1.29 is 17.9 Å². The van der Waals surface area contributed by atoms with E-state index in [0.717, 1.165) is 12.3 Å². The van der Waals surface area contributed by atoms with Crippen LogP contribution in [0.25, 0.3) is 0 Å². The van der Waals surface area contributed by atoms with Crippen LogP contribution in [0.1, 0.15) is 17.2 Å². The molecule has 0 bridgehead atoms. The van der Waals surface area contributed by atoms with Gasteiger partial charge in [0.15, 0.2) is 0 Å². The van der Waals surface area contributed by atoms with Gasteiger partial charge in [-0.05, 0) is 24.1 Å². The molecule has 1 unspecified atom stereocenters. The Hall–Kier alpha value is -0.940. The Morgan fingerprint density at radius 2 is 2.07 bits per heavy atom. The first kappa shape index (κ1) is 12.1. The molecule has 0 heterocycles. The van der Waals surface area contributed by atoms with Gasteiger partial charge in [-0.3, -0.25) is 0 Å². The van der Waals surface area contributed by atoms with Gasteiger partial charge in [0.2, 0.25) is 0 Å². The van der Waals surface area contributed by atoms with Crippen molar-refractivity contribution in [1.82, 2.24) is 0 Å². The van der Waals surface area contributed by atoms with E-state index in [1.807, 2.05) is 0 Å². The lowest BCUT2D eigenvalue weighted by molar-refractivity contribution is 0.201. The van der Waals surface area contributed by atoms with E-state index in [1.54, 1.807) is 6.92 Å². The van der Waals surface area contributed by atoms with Crippen molar-refractivity contribution in [2.75, 3.05) is 12.0 Å². The Balaban J connectivity index is 2.92. The maximum absolute atomic E-state index is 13.1. The summed E-state index contributed by atoms with van der Waals surface area (Å²) in [5.74, 6) is -0.838. The Labute approximate surface area is 88.5 Å². The zero-order chi connectivity index (χ0) is 11.6. The number of rotatable bonds is 3. The fraction of sp³-hybridized carbons (Fsp3) is 0.400. The molecular formula is C10H13FO3S. The van der Waals surface area contributed by atoms with Gasteiger partial charge in [-0.15, -0.1) is 0 Å². The first-order valence-electron chi connectivity index (χ1n) is 4.41. The molecule has 3 nitrogen and oxygen atoms in total. The lowest BCUT2D eigenvalue weighted by Crippen LogP contribution is -2.13. The Morgan fingerprint density at radius 3 is 2.53 bits per heavy atom. The van der Waals surface area contributed by atoms with Crippen LogP contribution in [0.2, 0.25) is 0 Å². The first-order chi connectivity index (χ1) is 6.79. The van der Waals surface area contributed by atoms with Gasteiger partial charge < -0.3 is 5.11 Å². The van der Waals surface area contributed by atoms with Crippen LogP contribution < -0.4 is 0 Å². The summed E-state index contributed by atoms with van der Waals surface area (Å²) in [6, 6.07) is 4.19. The molecule has 0 spiro atoms. The second-order valence-electron chi connectivity index (χ2n) is 3.62. The highest BCUT2D eigenvalue weighted by Crippen LogP contribution is 2.17. The van der Waals surface area contributed by atoms with Crippen LogP contribution in [-0.2, 0) is 9.84 Å². The second-order valence-corrected chi connectivity index (χ2v) is 5.80. The average Bonchev–Trinajstić information content (AvgIpc) is 2.06. The minimum Gasteiger partial charge on any atom is -0.387 e. The molecule has 5 heteroatoms. The Morgan fingerprint density at radius 1 is 1.47 bits per heavy atom. The minimum absolute atomic E-state index is 0.281. The average molecular weight is 232 g/mol. The molecule has 0 saturated heterocycles. The summed E-state index contributed by atoms with van der Waals surface area (Å²) >= 11 is 0. The standard InChI is InChI=1S/C10H13FO3S/c1-7-3-4-8(5-9(7)11)10(12)6-15(2,13)14/h3-5,10,12H,6H2,1-2H3. The molecule has 0 aromatic heterocycles. The highest BCUT2D eigenvalue weighted by atomic mass is 32.2. The van der Waals surface area contributed by atoms with Crippen molar-refractivity contribution in [3.8, 4) is 0 Å². The number of aryl methyl sites for hydroxylation is 1. The van der Waals surface area contributed by atoms with Crippen LogP contribution in [-0.4, -0.2) is 25.5 Å². The molecule has 1 aromatic rings. The van der Waals surface area contributed by atoms with Crippen LogP contribution >= 0.6 is 0 Å². The molecule has 0 aliphatic heterocycles. The van der Waals surface area contributed by atoms with E-state index in [0.29, 0.717) is 5.56 Å². The lowest BCUT2D eigenvalue weighted by atomic mass is 10.1. The molecule has 84 valence electrons. The molecule has 1 aromatic carbocycles. The lowest BCUT2D eigenvalue weighted by Gasteiger charge is -2.10. The molecule has 0 fully saturated rings. The Kier molecular flexibility index (Phi) is 3.46. The summed E-state index contributed by atoms with van der Waals surface area (Å²) in [6.07, 6.45) is -0.143. The number of sulfone groups is 1. The van der Waals surface area contributed by atoms with Gasteiger partial charge in [0.05, 0.1) is 11.9 Å². The van der Waals surface area contributed by atoms with Gasteiger partial charge in [0.25, 0.3) is 0 Å². The van der Waals surface area contributed by atoms with Crippen molar-refractivity contribution in [2.24, 2.45) is 0 Å². The van der Waals surface area contributed by atoms with E-state index < -0.39 is 27.5 Å². The maximum Gasteiger partial charge on any atom is 0.150 e. The van der Waals surface area contributed by atoms with Crippen LogP contribution in [0, 0.1) is 12.7 Å². The number of aliphatic hydroxyl groups excluding tert-OH is 1. The molecule has 1 N–H and O–H groups in total. The third-order valence-corrected chi connectivity index (χ3v) is 2.96. The van der Waals surface area contributed by atoms with Gasteiger partial charge in [0.1, 0.15) is 15.7 Å². The topological polar surface area (TPSA) is 54.4 Å². The number of hydrogen-bond donors (Lipinski definition) is 1. The fourth-order valence-corrected chi connectivity index (χ4v) is 1.97. The summed E-state index contributed by atoms with van der Waals surface area (Å²) in [6.45, 7) is 1.60. The SMILES string of the molecule is Cc1ccc(C(O)CS(C)(=O)=O)cc1F. The largest absolute Gasteiger partial charge is 0.387 e. The zero-order valence-electron chi connectivity index (χ0n) is 8.57. The highest BCUT2D eigenvalue weighted by Gasteiger charge is 2.15. The quantitative estimate of drug-likeness (QED) is 0.852. The summed E-state index contributed by atoms with van der Waals surface area (Å²) in [5.41, 5.74) is 0.744.